The van der Waals surface area contributed by atoms with Gasteiger partial charge in [0, 0.05) is 24.7 Å². The van der Waals surface area contributed by atoms with Crippen LogP contribution in [0.4, 0.5) is 0 Å². The molecule has 6 unspecified atom stereocenters. The molecule has 3 heterocycles. The molecule has 3 aliphatic heterocycles. The van der Waals surface area contributed by atoms with Crippen molar-refractivity contribution in [3.63, 3.8) is 0 Å². The van der Waals surface area contributed by atoms with E-state index in [1.54, 1.807) is 20.8 Å². The Bertz CT molecular complexity index is 1250. The van der Waals surface area contributed by atoms with Gasteiger partial charge in [0.2, 0.25) is 0 Å². The number of carboxylic acids is 1. The average molecular weight is 743 g/mol. The molecule has 7 aliphatic rings. The van der Waals surface area contributed by atoms with Crippen LogP contribution in [0.25, 0.3) is 0 Å². The van der Waals surface area contributed by atoms with E-state index in [-0.39, 0.29) is 42.6 Å². The summed E-state index contributed by atoms with van der Waals surface area (Å²) in [6, 6.07) is 0. The standard InChI is InChI=1S/C38H62O14/c1-17-32(43)25(39)14-30(47-17)51-34-19(3)49-31(16-27(34)41)52-33-18(2)48-29(15-26(33)40)50-21-8-10-36(4)20(12-21)6-7-22-24(36)13-28(42)37(5)23(35(44)45)9-11-38(22,37)46/h17-34,39-43,46H,6-16H2,1-5H3,(H,44,45)/t17?,18?,19?,20-,21+,22-,23-,24+,25-,26-,27-,28-,29+,30+,31-,32?,33?,34?,36+,37+,38+/m1/s1. The second kappa shape index (κ2) is 14.5. The summed E-state index contributed by atoms with van der Waals surface area (Å²) in [7, 11) is 0. The van der Waals surface area contributed by atoms with Crippen LogP contribution in [0.1, 0.15) is 105 Å². The summed E-state index contributed by atoms with van der Waals surface area (Å²) in [5, 5.41) is 75.9. The van der Waals surface area contributed by atoms with Gasteiger partial charge in [0.1, 0.15) is 18.3 Å². The van der Waals surface area contributed by atoms with E-state index in [0.717, 1.165) is 32.1 Å². The first kappa shape index (κ1) is 39.2. The number of hydrogen-bond donors (Lipinski definition) is 7. The topological polar surface area (TPSA) is 214 Å². The molecule has 3 saturated heterocycles. The van der Waals surface area contributed by atoms with E-state index in [2.05, 4.69) is 6.92 Å². The molecule has 7 N–H and O–H groups in total. The fraction of sp³-hybridized carbons (Fsp3) is 0.974. The van der Waals surface area contributed by atoms with Crippen LogP contribution in [-0.4, -0.2) is 133 Å². The van der Waals surface area contributed by atoms with Crippen LogP contribution in [-0.2, 0) is 33.2 Å². The molecular formula is C38H62O14. The van der Waals surface area contributed by atoms with Crippen LogP contribution in [0.5, 0.6) is 0 Å². The van der Waals surface area contributed by atoms with Crippen LogP contribution < -0.4 is 0 Å². The van der Waals surface area contributed by atoms with Crippen molar-refractivity contribution in [3.8, 4) is 0 Å². The Balaban J connectivity index is 0.908. The maximum Gasteiger partial charge on any atom is 0.307 e. The first-order valence-electron chi connectivity index (χ1n) is 19.7. The molecule has 0 spiro atoms. The highest BCUT2D eigenvalue weighted by molar-refractivity contribution is 5.72. The van der Waals surface area contributed by atoms with Crippen molar-refractivity contribution in [2.24, 2.45) is 34.5 Å². The molecule has 0 aromatic carbocycles. The average Bonchev–Trinajstić information content (AvgIpc) is 3.36. The lowest BCUT2D eigenvalue weighted by Crippen LogP contribution is -2.67. The number of ether oxygens (including phenoxy) is 6. The summed E-state index contributed by atoms with van der Waals surface area (Å²) in [6.07, 6.45) is -4.42. The Morgan fingerprint density at radius 2 is 1.21 bits per heavy atom. The summed E-state index contributed by atoms with van der Waals surface area (Å²) in [6.45, 7) is 9.30. The zero-order valence-electron chi connectivity index (χ0n) is 31.2. The molecule has 0 amide bonds. The van der Waals surface area contributed by atoms with Gasteiger partial charge in [0.15, 0.2) is 18.9 Å². The molecule has 7 fully saturated rings. The van der Waals surface area contributed by atoms with Crippen molar-refractivity contribution >= 4 is 5.97 Å². The molecular weight excluding hydrogens is 680 g/mol. The molecule has 298 valence electrons. The number of carboxylic acid groups (broad SMARTS) is 1. The van der Waals surface area contributed by atoms with Gasteiger partial charge in [-0.1, -0.05) is 13.8 Å². The summed E-state index contributed by atoms with van der Waals surface area (Å²) >= 11 is 0. The maximum atomic E-state index is 12.2. The fourth-order valence-electron chi connectivity index (χ4n) is 12.0. The predicted molar refractivity (Wildman–Crippen MR) is 181 cm³/mol. The number of carbonyl (C=O) groups is 1. The second-order valence-electron chi connectivity index (χ2n) is 17.8. The number of aliphatic carboxylic acids is 1. The van der Waals surface area contributed by atoms with E-state index in [1.165, 1.54) is 0 Å². The summed E-state index contributed by atoms with van der Waals surface area (Å²) in [4.78, 5) is 12.2. The molecule has 4 aliphatic carbocycles. The van der Waals surface area contributed by atoms with Gasteiger partial charge >= 0.3 is 5.97 Å². The highest BCUT2D eigenvalue weighted by Gasteiger charge is 2.71. The van der Waals surface area contributed by atoms with Crippen molar-refractivity contribution in [2.75, 3.05) is 0 Å². The summed E-state index contributed by atoms with van der Waals surface area (Å²) in [5.74, 6) is -1.32. The highest BCUT2D eigenvalue weighted by Crippen LogP contribution is 2.69. The third kappa shape index (κ3) is 6.58. The lowest BCUT2D eigenvalue weighted by Gasteiger charge is -2.64. The number of hydrogen-bond acceptors (Lipinski definition) is 13. The van der Waals surface area contributed by atoms with E-state index in [4.69, 9.17) is 28.4 Å². The lowest BCUT2D eigenvalue weighted by molar-refractivity contribution is -0.336. The minimum absolute atomic E-state index is 0.0482. The smallest absolute Gasteiger partial charge is 0.307 e. The maximum absolute atomic E-state index is 12.2. The zero-order chi connectivity index (χ0) is 37.5. The van der Waals surface area contributed by atoms with Gasteiger partial charge in [-0.3, -0.25) is 4.79 Å². The normalized spacial score (nSPS) is 56.7. The lowest BCUT2D eigenvalue weighted by atomic mass is 9.42. The van der Waals surface area contributed by atoms with Crippen molar-refractivity contribution in [1.82, 2.24) is 0 Å². The fourth-order valence-corrected chi connectivity index (χ4v) is 12.0. The third-order valence-corrected chi connectivity index (χ3v) is 15.1. The number of rotatable bonds is 7. The van der Waals surface area contributed by atoms with Crippen molar-refractivity contribution in [3.05, 3.63) is 0 Å². The van der Waals surface area contributed by atoms with Crippen LogP contribution in [0.3, 0.4) is 0 Å². The molecule has 14 nitrogen and oxygen atoms in total. The van der Waals surface area contributed by atoms with Gasteiger partial charge in [-0.25, -0.2) is 0 Å². The van der Waals surface area contributed by atoms with Crippen LogP contribution in [0.15, 0.2) is 0 Å². The van der Waals surface area contributed by atoms with Crippen molar-refractivity contribution < 1.29 is 69.0 Å². The third-order valence-electron chi connectivity index (χ3n) is 15.1. The Morgan fingerprint density at radius 3 is 1.77 bits per heavy atom. The molecule has 4 saturated carbocycles. The van der Waals surface area contributed by atoms with Gasteiger partial charge in [-0.15, -0.1) is 0 Å². The molecule has 0 aromatic rings. The molecule has 0 aromatic heterocycles. The molecule has 52 heavy (non-hydrogen) atoms. The van der Waals surface area contributed by atoms with E-state index in [0.29, 0.717) is 25.2 Å². The largest absolute Gasteiger partial charge is 0.481 e. The van der Waals surface area contributed by atoms with Crippen molar-refractivity contribution in [2.45, 2.75) is 197 Å². The molecule has 21 atom stereocenters. The first-order chi connectivity index (χ1) is 24.5. The van der Waals surface area contributed by atoms with Crippen molar-refractivity contribution in [1.29, 1.82) is 0 Å². The van der Waals surface area contributed by atoms with Gasteiger partial charge in [-0.05, 0) is 95.3 Å². The Morgan fingerprint density at radius 1 is 0.654 bits per heavy atom. The number of aliphatic hydroxyl groups is 6. The Kier molecular flexibility index (Phi) is 10.9. The zero-order valence-corrected chi connectivity index (χ0v) is 31.2. The van der Waals surface area contributed by atoms with E-state index < -0.39 is 103 Å². The summed E-state index contributed by atoms with van der Waals surface area (Å²) < 4.78 is 36.6. The minimum atomic E-state index is -1.20. The van der Waals surface area contributed by atoms with Crippen LogP contribution >= 0.6 is 0 Å². The molecule has 0 radical (unpaired) electrons. The Hall–Kier alpha value is -1.01. The van der Waals surface area contributed by atoms with E-state index >= 15 is 0 Å². The summed E-state index contributed by atoms with van der Waals surface area (Å²) in [5.41, 5.74) is -2.37. The van der Waals surface area contributed by atoms with Gasteiger partial charge in [0.05, 0.1) is 60.4 Å². The second-order valence-corrected chi connectivity index (χ2v) is 17.8. The number of fused-ring (bicyclic) bond motifs is 5. The van der Waals surface area contributed by atoms with E-state index in [9.17, 15) is 40.5 Å². The number of aliphatic hydroxyl groups excluding tert-OH is 5. The predicted octanol–water partition coefficient (Wildman–Crippen LogP) is 1.82. The molecule has 14 heteroatoms. The first-order valence-corrected chi connectivity index (χ1v) is 19.7. The highest BCUT2D eigenvalue weighted by atomic mass is 16.7. The molecule has 7 rings (SSSR count). The Labute approximate surface area is 306 Å². The van der Waals surface area contributed by atoms with Gasteiger partial charge in [-0.2, -0.15) is 0 Å². The minimum Gasteiger partial charge on any atom is -0.481 e. The SMILES string of the molecule is CC1O[C@@H](OC2C(C)O[C@H](OC3C(C)O[C@@H](O[C@H]4CC[C@@]5(C)[C@H](CC[C@@H]6[C@@H]5C[C@@H](O)[C@]5(C)[C@@H](C(=O)O)CC[C@]65O)C4)C[C@H]3O)C[C@H]2O)C[C@@H](O)C1O. The van der Waals surface area contributed by atoms with Gasteiger partial charge in [0.25, 0.3) is 0 Å². The molecule has 0 bridgehead atoms. The van der Waals surface area contributed by atoms with Gasteiger partial charge < -0.3 is 64.2 Å². The quantitative estimate of drug-likeness (QED) is 0.186. The van der Waals surface area contributed by atoms with Crippen LogP contribution in [0, 0.1) is 34.5 Å². The van der Waals surface area contributed by atoms with E-state index in [1.807, 2.05) is 6.92 Å². The monoisotopic (exact) mass is 742 g/mol. The van der Waals surface area contributed by atoms with Crippen LogP contribution in [0.2, 0.25) is 0 Å².